The lowest BCUT2D eigenvalue weighted by Crippen LogP contribution is -2.23. The minimum atomic E-state index is -4.42. The van der Waals surface area contributed by atoms with Crippen LogP contribution in [-0.4, -0.2) is 29.3 Å². The minimum Gasteiger partial charge on any atom is -0.356 e. The molecule has 2 heterocycles. The van der Waals surface area contributed by atoms with Crippen LogP contribution in [0.3, 0.4) is 0 Å². The van der Waals surface area contributed by atoms with Gasteiger partial charge in [-0.3, -0.25) is 0 Å². The van der Waals surface area contributed by atoms with Crippen LogP contribution in [0.4, 0.5) is 30.5 Å². The first-order chi connectivity index (χ1) is 12.3. The molecule has 2 N–H and O–H groups in total. The molecule has 0 spiro atoms. The molecule has 0 amide bonds. The summed E-state index contributed by atoms with van der Waals surface area (Å²) >= 11 is 0. The molecule has 0 bridgehead atoms. The summed E-state index contributed by atoms with van der Waals surface area (Å²) in [5.41, 5.74) is 0.00199. The van der Waals surface area contributed by atoms with Crippen LogP contribution >= 0.6 is 0 Å². The third-order valence-corrected chi connectivity index (χ3v) is 4.36. The first-order valence-electron chi connectivity index (χ1n) is 8.36. The number of nitrogens with one attached hydrogen (secondary N) is 2. The number of alkyl halides is 3. The van der Waals surface area contributed by atoms with Gasteiger partial charge < -0.3 is 15.6 Å². The Labute approximate surface area is 149 Å². The highest BCUT2D eigenvalue weighted by atomic mass is 19.4. The zero-order valence-corrected chi connectivity index (χ0v) is 14.6. The van der Waals surface area contributed by atoms with E-state index >= 15 is 0 Å². The molecule has 138 valence electrons. The summed E-state index contributed by atoms with van der Waals surface area (Å²) in [7, 11) is 0. The molecule has 1 aliphatic rings. The van der Waals surface area contributed by atoms with Gasteiger partial charge in [-0.25, -0.2) is 9.97 Å². The van der Waals surface area contributed by atoms with Crippen LogP contribution in [0.15, 0.2) is 24.3 Å². The molecule has 26 heavy (non-hydrogen) atoms. The van der Waals surface area contributed by atoms with E-state index in [0.717, 1.165) is 37.9 Å². The van der Waals surface area contributed by atoms with Crippen LogP contribution in [-0.2, 0) is 6.18 Å². The van der Waals surface area contributed by atoms with E-state index in [-0.39, 0.29) is 5.69 Å². The largest absolute Gasteiger partial charge is 0.416 e. The maximum absolute atomic E-state index is 12.9. The third kappa shape index (κ3) is 3.79. The lowest BCUT2D eigenvalue weighted by molar-refractivity contribution is -0.137. The second-order valence-electron chi connectivity index (χ2n) is 6.54. The Kier molecular flexibility index (Phi) is 4.84. The first kappa shape index (κ1) is 18.2. The van der Waals surface area contributed by atoms with Gasteiger partial charge in [-0.05, 0) is 37.5 Å². The van der Waals surface area contributed by atoms with Crippen LogP contribution < -0.4 is 10.2 Å². The monoisotopic (exact) mass is 363 g/mol. The average Bonchev–Trinajstić information content (AvgIpc) is 3.00. The highest BCUT2D eigenvalue weighted by Gasteiger charge is 2.30. The summed E-state index contributed by atoms with van der Waals surface area (Å²) < 4.78 is 38.8. The molecule has 1 atom stereocenters. The standard InChI is InChI=1S/C18H20F3N5/c1-11-6-7-26(10-11)17-15(9-22)16(23-12(2)24-17)25-14-5-3-4-13(8-14)18(19,20)21/h3-5,8-9,11,22H,6-7,10H2,1-2H3,(H,23,24,25). The zero-order chi connectivity index (χ0) is 18.9. The van der Waals surface area contributed by atoms with Gasteiger partial charge in [-0.2, -0.15) is 13.2 Å². The molecule has 5 nitrogen and oxygen atoms in total. The van der Waals surface area contributed by atoms with Crippen LogP contribution in [0, 0.1) is 18.3 Å². The van der Waals surface area contributed by atoms with Crippen molar-refractivity contribution in [1.29, 1.82) is 5.41 Å². The van der Waals surface area contributed by atoms with Crippen LogP contribution in [0.5, 0.6) is 0 Å². The number of hydrogen-bond acceptors (Lipinski definition) is 5. The van der Waals surface area contributed by atoms with Crippen molar-refractivity contribution in [2.45, 2.75) is 26.4 Å². The molecule has 2 aromatic rings. The van der Waals surface area contributed by atoms with E-state index in [0.29, 0.717) is 28.9 Å². The Morgan fingerprint density at radius 3 is 2.69 bits per heavy atom. The van der Waals surface area contributed by atoms with Gasteiger partial charge in [0.1, 0.15) is 17.5 Å². The second kappa shape index (κ2) is 6.93. The van der Waals surface area contributed by atoms with E-state index in [2.05, 4.69) is 27.1 Å². The van der Waals surface area contributed by atoms with Crippen LogP contribution in [0.25, 0.3) is 0 Å². The first-order valence-corrected chi connectivity index (χ1v) is 8.36. The molecule has 8 heteroatoms. The van der Waals surface area contributed by atoms with Crippen LogP contribution in [0.1, 0.15) is 30.3 Å². The van der Waals surface area contributed by atoms with Gasteiger partial charge in [0.2, 0.25) is 0 Å². The van der Waals surface area contributed by atoms with Crippen molar-refractivity contribution >= 4 is 23.5 Å². The predicted molar refractivity (Wildman–Crippen MR) is 95.4 cm³/mol. The number of rotatable bonds is 4. The smallest absolute Gasteiger partial charge is 0.356 e. The topological polar surface area (TPSA) is 64.9 Å². The van der Waals surface area contributed by atoms with Gasteiger partial charge in [-0.1, -0.05) is 13.0 Å². The van der Waals surface area contributed by atoms with Crippen LogP contribution in [0.2, 0.25) is 0 Å². The average molecular weight is 363 g/mol. The molecule has 1 aromatic heterocycles. The summed E-state index contributed by atoms with van der Waals surface area (Å²) in [6, 6.07) is 4.93. The molecular weight excluding hydrogens is 343 g/mol. The van der Waals surface area contributed by atoms with Gasteiger partial charge in [0.15, 0.2) is 0 Å². The number of hydrogen-bond donors (Lipinski definition) is 2. The molecule has 0 radical (unpaired) electrons. The van der Waals surface area contributed by atoms with Gasteiger partial charge in [-0.15, -0.1) is 0 Å². The normalized spacial score (nSPS) is 17.4. The van der Waals surface area contributed by atoms with E-state index in [1.54, 1.807) is 6.92 Å². The maximum Gasteiger partial charge on any atom is 0.416 e. The quantitative estimate of drug-likeness (QED) is 0.791. The lowest BCUT2D eigenvalue weighted by Gasteiger charge is -2.21. The van der Waals surface area contributed by atoms with E-state index in [4.69, 9.17) is 5.41 Å². The fourth-order valence-corrected chi connectivity index (χ4v) is 3.07. The molecule has 0 aliphatic carbocycles. The zero-order valence-electron chi connectivity index (χ0n) is 14.6. The molecule has 1 saturated heterocycles. The summed E-state index contributed by atoms with van der Waals surface area (Å²) in [4.78, 5) is 10.9. The van der Waals surface area contributed by atoms with Gasteiger partial charge >= 0.3 is 6.18 Å². The molecule has 0 saturated carbocycles. The van der Waals surface area contributed by atoms with Crippen molar-refractivity contribution in [3.8, 4) is 0 Å². The summed E-state index contributed by atoms with van der Waals surface area (Å²) in [6.07, 6.45) is -2.23. The van der Waals surface area contributed by atoms with Crippen molar-refractivity contribution in [1.82, 2.24) is 9.97 Å². The maximum atomic E-state index is 12.9. The van der Waals surface area contributed by atoms with Gasteiger partial charge in [0.25, 0.3) is 0 Å². The fraction of sp³-hybridized carbons (Fsp3) is 0.389. The Bertz CT molecular complexity index is 819. The number of aromatic nitrogens is 2. The lowest BCUT2D eigenvalue weighted by atomic mass is 10.2. The number of nitrogens with zero attached hydrogens (tertiary/aromatic N) is 3. The summed E-state index contributed by atoms with van der Waals surface area (Å²) in [6.45, 7) is 5.55. The molecular formula is C18H20F3N5. The van der Waals surface area contributed by atoms with E-state index in [9.17, 15) is 13.2 Å². The molecule has 1 unspecified atom stereocenters. The Morgan fingerprint density at radius 1 is 1.31 bits per heavy atom. The molecule has 1 fully saturated rings. The third-order valence-electron chi connectivity index (χ3n) is 4.36. The molecule has 3 rings (SSSR count). The summed E-state index contributed by atoms with van der Waals surface area (Å²) in [5, 5.41) is 10.7. The predicted octanol–water partition coefficient (Wildman–Crippen LogP) is 4.39. The fourth-order valence-electron chi connectivity index (χ4n) is 3.07. The van der Waals surface area contributed by atoms with Gasteiger partial charge in [0.05, 0.1) is 11.1 Å². The second-order valence-corrected chi connectivity index (χ2v) is 6.54. The summed E-state index contributed by atoms with van der Waals surface area (Å²) in [5.74, 6) is 2.01. The van der Waals surface area contributed by atoms with Crippen molar-refractivity contribution in [3.63, 3.8) is 0 Å². The van der Waals surface area contributed by atoms with Crippen molar-refractivity contribution in [2.75, 3.05) is 23.3 Å². The van der Waals surface area contributed by atoms with E-state index in [1.165, 1.54) is 12.1 Å². The van der Waals surface area contributed by atoms with E-state index < -0.39 is 11.7 Å². The number of aryl methyl sites for hydroxylation is 1. The highest BCUT2D eigenvalue weighted by molar-refractivity contribution is 5.92. The van der Waals surface area contributed by atoms with Crippen molar-refractivity contribution in [3.05, 3.63) is 41.2 Å². The molecule has 1 aromatic carbocycles. The van der Waals surface area contributed by atoms with Crippen molar-refractivity contribution in [2.24, 2.45) is 5.92 Å². The van der Waals surface area contributed by atoms with E-state index in [1.807, 2.05) is 0 Å². The molecule has 1 aliphatic heterocycles. The number of benzene rings is 1. The Hall–Kier alpha value is -2.64. The number of halogens is 3. The van der Waals surface area contributed by atoms with Crippen molar-refractivity contribution < 1.29 is 13.2 Å². The van der Waals surface area contributed by atoms with Gasteiger partial charge in [0, 0.05) is 25.0 Å². The number of anilines is 3. The minimum absolute atomic E-state index is 0.266. The Balaban J connectivity index is 1.98. The highest BCUT2D eigenvalue weighted by Crippen LogP contribution is 2.33. The Morgan fingerprint density at radius 2 is 2.08 bits per heavy atom. The SMILES string of the molecule is Cc1nc(Nc2cccc(C(F)(F)F)c2)c(C=N)c(N2CCC(C)C2)n1.